The Hall–Kier alpha value is -2.51. The number of hydrogen-bond acceptors (Lipinski definition) is 7. The van der Waals surface area contributed by atoms with Crippen molar-refractivity contribution in [2.24, 2.45) is 28.1 Å². The van der Waals surface area contributed by atoms with Crippen molar-refractivity contribution in [3.63, 3.8) is 0 Å². The van der Waals surface area contributed by atoms with Crippen molar-refractivity contribution in [3.05, 3.63) is 47.1 Å². The van der Waals surface area contributed by atoms with Gasteiger partial charge in [0.25, 0.3) is 0 Å². The van der Waals surface area contributed by atoms with E-state index in [1.54, 1.807) is 14.2 Å². The smallest absolute Gasteiger partial charge is 0.315 e. The van der Waals surface area contributed by atoms with Crippen molar-refractivity contribution in [1.29, 1.82) is 0 Å². The second kappa shape index (κ2) is 12.6. The SMILES string of the molecule is COC(=O)[C@]1(C)C2CC[C@]3(C)/C(=C(C)\C=C\C(OC)/C(C)=C/C=C/C(C)(C)OC)C(=O)CC3[C@@]2(C)CC[C@H]1OC(C)=O. The van der Waals surface area contributed by atoms with Gasteiger partial charge >= 0.3 is 11.9 Å². The lowest BCUT2D eigenvalue weighted by Gasteiger charge is -2.61. The molecule has 3 fully saturated rings. The molecule has 0 aliphatic heterocycles. The zero-order chi connectivity index (χ0) is 31.7. The number of methoxy groups -OCH3 is 3. The van der Waals surface area contributed by atoms with E-state index in [9.17, 15) is 14.4 Å². The Labute approximate surface area is 252 Å². The van der Waals surface area contributed by atoms with Gasteiger partial charge in [-0.15, -0.1) is 0 Å². The summed E-state index contributed by atoms with van der Waals surface area (Å²) in [6.45, 7) is 15.8. The molecule has 3 saturated carbocycles. The zero-order valence-corrected chi connectivity index (χ0v) is 27.6. The van der Waals surface area contributed by atoms with E-state index in [2.05, 4.69) is 13.8 Å². The molecule has 3 aliphatic rings. The Morgan fingerprint density at radius 3 is 2.24 bits per heavy atom. The molecule has 3 rings (SSSR count). The predicted molar refractivity (Wildman–Crippen MR) is 164 cm³/mol. The van der Waals surface area contributed by atoms with E-state index in [4.69, 9.17) is 18.9 Å². The quantitative estimate of drug-likeness (QED) is 0.169. The number of carbonyl (C=O) groups excluding carboxylic acids is 3. The zero-order valence-electron chi connectivity index (χ0n) is 27.6. The number of fused-ring (bicyclic) bond motifs is 3. The first-order valence-corrected chi connectivity index (χ1v) is 15.1. The van der Waals surface area contributed by atoms with Crippen LogP contribution in [0, 0.1) is 28.1 Å². The van der Waals surface area contributed by atoms with Gasteiger partial charge < -0.3 is 18.9 Å². The van der Waals surface area contributed by atoms with Crippen molar-refractivity contribution >= 4 is 17.7 Å². The predicted octanol–water partition coefficient (Wildman–Crippen LogP) is 6.72. The Kier molecular flexibility index (Phi) is 10.2. The monoisotopic (exact) mass is 584 g/mol. The number of ether oxygens (including phenoxy) is 4. The van der Waals surface area contributed by atoms with Crippen LogP contribution in [0.25, 0.3) is 0 Å². The third-order valence-corrected chi connectivity index (χ3v) is 10.8. The molecule has 0 amide bonds. The van der Waals surface area contributed by atoms with Gasteiger partial charge in [0.2, 0.25) is 0 Å². The van der Waals surface area contributed by atoms with Crippen LogP contribution in [0.2, 0.25) is 0 Å². The van der Waals surface area contributed by atoms with Crippen LogP contribution in [0.4, 0.5) is 0 Å². The molecule has 42 heavy (non-hydrogen) atoms. The molecule has 0 aromatic carbocycles. The largest absolute Gasteiger partial charge is 0.468 e. The van der Waals surface area contributed by atoms with Gasteiger partial charge in [-0.1, -0.05) is 44.2 Å². The molecular formula is C35H52O7. The van der Waals surface area contributed by atoms with Gasteiger partial charge in [0, 0.05) is 38.6 Å². The summed E-state index contributed by atoms with van der Waals surface area (Å²) in [5, 5.41) is 0. The van der Waals surface area contributed by atoms with Crippen molar-refractivity contribution in [1.82, 2.24) is 0 Å². The Morgan fingerprint density at radius 1 is 1.00 bits per heavy atom. The molecule has 0 heterocycles. The van der Waals surface area contributed by atoms with Gasteiger partial charge in [-0.05, 0) is 88.7 Å². The van der Waals surface area contributed by atoms with Crippen LogP contribution in [0.15, 0.2) is 47.1 Å². The lowest BCUT2D eigenvalue weighted by atomic mass is 9.42. The Bertz CT molecular complexity index is 1190. The van der Waals surface area contributed by atoms with Crippen molar-refractivity contribution < 1.29 is 33.3 Å². The van der Waals surface area contributed by atoms with Gasteiger partial charge in [-0.2, -0.15) is 0 Å². The summed E-state index contributed by atoms with van der Waals surface area (Å²) in [4.78, 5) is 39.1. The molecule has 7 atom stereocenters. The first-order chi connectivity index (χ1) is 19.5. The maximum atomic E-state index is 13.8. The molecular weight excluding hydrogens is 532 g/mol. The van der Waals surface area contributed by atoms with Crippen molar-refractivity contribution in [2.75, 3.05) is 21.3 Å². The summed E-state index contributed by atoms with van der Waals surface area (Å²) in [5.74, 6) is -0.553. The number of hydrogen-bond donors (Lipinski definition) is 0. The molecule has 0 radical (unpaired) electrons. The minimum absolute atomic E-state index is 0.0709. The highest BCUT2D eigenvalue weighted by atomic mass is 16.6. The highest BCUT2D eigenvalue weighted by molar-refractivity contribution is 6.01. The maximum absolute atomic E-state index is 13.8. The minimum Gasteiger partial charge on any atom is -0.468 e. The lowest BCUT2D eigenvalue weighted by Crippen LogP contribution is -2.62. The number of carbonyl (C=O) groups is 3. The summed E-state index contributed by atoms with van der Waals surface area (Å²) in [5.41, 5.74) is 0.965. The van der Waals surface area contributed by atoms with Gasteiger partial charge in [0.15, 0.2) is 5.78 Å². The summed E-state index contributed by atoms with van der Waals surface area (Å²) in [7, 11) is 4.77. The standard InChI is InChI=1S/C35H52O7/c1-22(13-12-18-32(4,5)41-11)26(39-9)15-14-23(2)30-25(37)21-28-33(6)20-17-29(42-24(3)36)35(8,31(38)40-10)27(33)16-19-34(28,30)7/h12-15,18,26-29H,16-17,19-21H2,1-11H3/b15-14+,18-12+,22-13+,30-23-/t26?,27?,28?,29-,33+,34+,35-/m1/s1. The van der Waals surface area contributed by atoms with E-state index in [1.807, 2.05) is 65.0 Å². The fraction of sp³-hybridized carbons (Fsp3) is 0.686. The average Bonchev–Trinajstić information content (AvgIpc) is 3.20. The number of rotatable bonds is 9. The Morgan fingerprint density at radius 2 is 1.67 bits per heavy atom. The van der Waals surface area contributed by atoms with E-state index >= 15 is 0 Å². The van der Waals surface area contributed by atoms with E-state index in [0.29, 0.717) is 12.8 Å². The van der Waals surface area contributed by atoms with Crippen LogP contribution >= 0.6 is 0 Å². The summed E-state index contributed by atoms with van der Waals surface area (Å²) in [6, 6.07) is 0. The van der Waals surface area contributed by atoms with E-state index in [-0.39, 0.29) is 46.1 Å². The fourth-order valence-electron chi connectivity index (χ4n) is 8.45. The molecule has 0 N–H and O–H groups in total. The molecule has 234 valence electrons. The van der Waals surface area contributed by atoms with Crippen LogP contribution < -0.4 is 0 Å². The highest BCUT2D eigenvalue weighted by Crippen LogP contribution is 2.69. The molecule has 0 spiro atoms. The molecule has 7 heteroatoms. The molecule has 7 nitrogen and oxygen atoms in total. The third-order valence-electron chi connectivity index (χ3n) is 10.8. The van der Waals surface area contributed by atoms with Crippen LogP contribution in [0.3, 0.4) is 0 Å². The number of Topliss-reactive ketones (excluding diaryl/α,β-unsaturated/α-hetero) is 1. The average molecular weight is 585 g/mol. The summed E-state index contributed by atoms with van der Waals surface area (Å²) in [6.07, 6.45) is 12.6. The first-order valence-electron chi connectivity index (χ1n) is 15.1. The second-order valence-corrected chi connectivity index (χ2v) is 13.8. The summed E-state index contributed by atoms with van der Waals surface area (Å²) < 4.78 is 22.2. The number of esters is 2. The molecule has 3 unspecified atom stereocenters. The minimum atomic E-state index is -0.971. The lowest BCUT2D eigenvalue weighted by molar-refractivity contribution is -0.206. The third kappa shape index (κ3) is 6.10. The van der Waals surface area contributed by atoms with Gasteiger partial charge in [-0.25, -0.2) is 0 Å². The van der Waals surface area contributed by atoms with Gasteiger partial charge in [-0.3, -0.25) is 14.4 Å². The van der Waals surface area contributed by atoms with Gasteiger partial charge in [0.1, 0.15) is 11.5 Å². The van der Waals surface area contributed by atoms with Crippen molar-refractivity contribution in [2.45, 2.75) is 105 Å². The van der Waals surface area contributed by atoms with Crippen LogP contribution in [-0.2, 0) is 33.3 Å². The first kappa shape index (κ1) is 34.0. The fourth-order valence-corrected chi connectivity index (χ4v) is 8.45. The van der Waals surface area contributed by atoms with Crippen LogP contribution in [0.1, 0.15) is 87.5 Å². The number of ketones is 1. The molecule has 0 saturated heterocycles. The van der Waals surface area contributed by atoms with E-state index in [0.717, 1.165) is 36.0 Å². The molecule has 0 aromatic rings. The molecule has 0 aromatic heterocycles. The topological polar surface area (TPSA) is 88.1 Å². The van der Waals surface area contributed by atoms with Crippen LogP contribution in [0.5, 0.6) is 0 Å². The second-order valence-electron chi connectivity index (χ2n) is 13.8. The van der Waals surface area contributed by atoms with E-state index < -0.39 is 17.5 Å². The number of allylic oxidation sites excluding steroid dienone is 5. The Balaban J connectivity index is 1.95. The molecule has 0 bridgehead atoms. The summed E-state index contributed by atoms with van der Waals surface area (Å²) >= 11 is 0. The maximum Gasteiger partial charge on any atom is 0.315 e. The normalized spacial score (nSPS) is 35.6. The van der Waals surface area contributed by atoms with E-state index in [1.165, 1.54) is 14.0 Å². The van der Waals surface area contributed by atoms with Crippen LogP contribution in [-0.4, -0.2) is 56.9 Å². The highest BCUT2D eigenvalue weighted by Gasteiger charge is 2.68. The van der Waals surface area contributed by atoms with Crippen molar-refractivity contribution in [3.8, 4) is 0 Å². The van der Waals surface area contributed by atoms with Gasteiger partial charge in [0.05, 0.1) is 18.8 Å². The molecule has 3 aliphatic carbocycles.